The highest BCUT2D eigenvalue weighted by Crippen LogP contribution is 2.27. The maximum absolute atomic E-state index is 11.3. The molecule has 0 aliphatic rings. The number of nitrogens with zero attached hydrogens (tertiary/aromatic N) is 2. The quantitative estimate of drug-likeness (QED) is 0.933. The minimum atomic E-state index is -1.00. The topological polar surface area (TPSA) is 72.3 Å². The highest BCUT2D eigenvalue weighted by molar-refractivity contribution is 5.88. The maximum atomic E-state index is 11.3. The third kappa shape index (κ3) is 3.56. The number of hydrogen-bond acceptors (Lipinski definition) is 4. The minimum Gasteiger partial charge on any atom is -0.478 e. The summed E-state index contributed by atoms with van der Waals surface area (Å²) in [5.74, 6) is -0.181. The fourth-order valence-electron chi connectivity index (χ4n) is 1.76. The summed E-state index contributed by atoms with van der Waals surface area (Å²) in [7, 11) is 0. The number of carbonyl (C=O) groups is 1. The second-order valence-corrected chi connectivity index (χ2v) is 5.82. The van der Waals surface area contributed by atoms with Crippen molar-refractivity contribution in [3.63, 3.8) is 0 Å². The van der Waals surface area contributed by atoms with Crippen molar-refractivity contribution in [1.82, 2.24) is 9.97 Å². The predicted octanol–water partition coefficient (Wildman–Crippen LogP) is 3.57. The van der Waals surface area contributed by atoms with E-state index in [2.05, 4.69) is 9.97 Å². The van der Waals surface area contributed by atoms with E-state index in [9.17, 15) is 9.90 Å². The Labute approximate surface area is 123 Å². The van der Waals surface area contributed by atoms with Gasteiger partial charge in [0.1, 0.15) is 0 Å². The van der Waals surface area contributed by atoms with Gasteiger partial charge in [-0.25, -0.2) is 9.78 Å². The lowest BCUT2D eigenvalue weighted by molar-refractivity contribution is 0.0696. The summed E-state index contributed by atoms with van der Waals surface area (Å²) in [4.78, 5) is 19.8. The number of hydrogen-bond donors (Lipinski definition) is 1. The molecule has 0 fully saturated rings. The third-order valence-electron chi connectivity index (χ3n) is 2.99. The van der Waals surface area contributed by atoms with Gasteiger partial charge in [-0.05, 0) is 25.1 Å². The zero-order valence-electron chi connectivity index (χ0n) is 12.5. The summed E-state index contributed by atoms with van der Waals surface area (Å²) in [5.41, 5.74) is 1.27. The first kappa shape index (κ1) is 15.0. The molecule has 0 saturated heterocycles. The van der Waals surface area contributed by atoms with Crippen molar-refractivity contribution in [2.75, 3.05) is 0 Å². The Morgan fingerprint density at radius 3 is 2.57 bits per heavy atom. The van der Waals surface area contributed by atoms with Crippen molar-refractivity contribution in [2.24, 2.45) is 0 Å². The average molecular weight is 286 g/mol. The van der Waals surface area contributed by atoms with Crippen LogP contribution in [0.1, 0.15) is 42.5 Å². The molecule has 0 amide bonds. The van der Waals surface area contributed by atoms with Crippen LogP contribution in [-0.4, -0.2) is 21.0 Å². The van der Waals surface area contributed by atoms with Crippen LogP contribution < -0.4 is 4.74 Å². The maximum Gasteiger partial charge on any atom is 0.335 e. The molecule has 0 unspecified atom stereocenters. The molecule has 0 bridgehead atoms. The second-order valence-electron chi connectivity index (χ2n) is 5.82. The SMILES string of the molecule is Cc1ncccc1Oc1cc(C(=O)O)cc(C(C)(C)C)n1. The highest BCUT2D eigenvalue weighted by Gasteiger charge is 2.20. The Kier molecular flexibility index (Phi) is 3.93. The molecule has 2 heterocycles. The third-order valence-corrected chi connectivity index (χ3v) is 2.99. The molecule has 1 N–H and O–H groups in total. The molecule has 0 radical (unpaired) electrons. The summed E-state index contributed by atoms with van der Waals surface area (Å²) in [6.07, 6.45) is 1.67. The smallest absolute Gasteiger partial charge is 0.335 e. The molecular weight excluding hydrogens is 268 g/mol. The fourth-order valence-corrected chi connectivity index (χ4v) is 1.76. The van der Waals surface area contributed by atoms with Crippen LogP contribution in [0.15, 0.2) is 30.5 Å². The number of rotatable bonds is 3. The monoisotopic (exact) mass is 286 g/mol. The number of pyridine rings is 2. The van der Waals surface area contributed by atoms with E-state index in [4.69, 9.17) is 4.74 Å². The van der Waals surface area contributed by atoms with Gasteiger partial charge in [0, 0.05) is 17.7 Å². The standard InChI is InChI=1S/C16H18N2O3/c1-10-12(6-5-7-17-10)21-14-9-11(15(19)20)8-13(18-14)16(2,3)4/h5-9H,1-4H3,(H,19,20). The van der Waals surface area contributed by atoms with Gasteiger partial charge >= 0.3 is 5.97 Å². The van der Waals surface area contributed by atoms with Crippen LogP contribution in [0.25, 0.3) is 0 Å². The van der Waals surface area contributed by atoms with Gasteiger partial charge in [-0.2, -0.15) is 0 Å². The summed E-state index contributed by atoms with van der Waals surface area (Å²) in [6.45, 7) is 7.74. The van der Waals surface area contributed by atoms with Gasteiger partial charge in [-0.3, -0.25) is 4.98 Å². The van der Waals surface area contributed by atoms with E-state index < -0.39 is 5.97 Å². The summed E-state index contributed by atoms with van der Waals surface area (Å²) in [6, 6.07) is 6.53. The van der Waals surface area contributed by atoms with E-state index in [0.717, 1.165) is 5.69 Å². The van der Waals surface area contributed by atoms with E-state index >= 15 is 0 Å². The molecule has 5 nitrogen and oxygen atoms in total. The lowest BCUT2D eigenvalue weighted by Crippen LogP contribution is -2.15. The molecule has 0 spiro atoms. The Morgan fingerprint density at radius 1 is 1.29 bits per heavy atom. The van der Waals surface area contributed by atoms with Gasteiger partial charge in [0.05, 0.1) is 17.0 Å². The molecular formula is C16H18N2O3. The van der Waals surface area contributed by atoms with Crippen LogP contribution in [0.5, 0.6) is 11.6 Å². The first-order chi connectivity index (χ1) is 9.77. The van der Waals surface area contributed by atoms with Crippen LogP contribution >= 0.6 is 0 Å². The minimum absolute atomic E-state index is 0.159. The van der Waals surface area contributed by atoms with Crippen molar-refractivity contribution in [3.8, 4) is 11.6 Å². The molecule has 2 rings (SSSR count). The van der Waals surface area contributed by atoms with E-state index in [1.54, 1.807) is 24.4 Å². The molecule has 0 saturated carbocycles. The van der Waals surface area contributed by atoms with Crippen molar-refractivity contribution in [2.45, 2.75) is 33.1 Å². The summed E-state index contributed by atoms with van der Waals surface area (Å²) in [5, 5.41) is 9.22. The molecule has 110 valence electrons. The van der Waals surface area contributed by atoms with E-state index in [1.165, 1.54) is 6.07 Å². The Bertz CT molecular complexity index is 675. The second kappa shape index (κ2) is 5.52. The van der Waals surface area contributed by atoms with Crippen molar-refractivity contribution in [3.05, 3.63) is 47.4 Å². The Balaban J connectivity index is 2.46. The normalized spacial score (nSPS) is 11.2. The lowest BCUT2D eigenvalue weighted by Gasteiger charge is -2.19. The van der Waals surface area contributed by atoms with Gasteiger partial charge in [0.15, 0.2) is 5.75 Å². The lowest BCUT2D eigenvalue weighted by atomic mass is 9.91. The van der Waals surface area contributed by atoms with Gasteiger partial charge in [0.2, 0.25) is 5.88 Å². The van der Waals surface area contributed by atoms with E-state index in [0.29, 0.717) is 11.4 Å². The fraction of sp³-hybridized carbons (Fsp3) is 0.312. The Hall–Kier alpha value is -2.43. The van der Waals surface area contributed by atoms with Crippen LogP contribution in [-0.2, 0) is 5.41 Å². The number of carboxylic acid groups (broad SMARTS) is 1. The molecule has 0 aromatic carbocycles. The first-order valence-corrected chi connectivity index (χ1v) is 6.63. The van der Waals surface area contributed by atoms with E-state index in [-0.39, 0.29) is 16.9 Å². The highest BCUT2D eigenvalue weighted by atomic mass is 16.5. The molecule has 5 heteroatoms. The number of aromatic nitrogens is 2. The first-order valence-electron chi connectivity index (χ1n) is 6.63. The number of aromatic carboxylic acids is 1. The summed E-state index contributed by atoms with van der Waals surface area (Å²) < 4.78 is 5.70. The van der Waals surface area contributed by atoms with Crippen LogP contribution in [0.4, 0.5) is 0 Å². The van der Waals surface area contributed by atoms with Crippen LogP contribution in [0, 0.1) is 6.92 Å². The molecule has 0 atom stereocenters. The number of ether oxygens (including phenoxy) is 1. The largest absolute Gasteiger partial charge is 0.478 e. The molecule has 21 heavy (non-hydrogen) atoms. The molecule has 2 aromatic heterocycles. The van der Waals surface area contributed by atoms with Crippen molar-refractivity contribution < 1.29 is 14.6 Å². The van der Waals surface area contributed by atoms with Gasteiger partial charge < -0.3 is 9.84 Å². The van der Waals surface area contributed by atoms with Gasteiger partial charge in [0.25, 0.3) is 0 Å². The molecule has 2 aromatic rings. The Morgan fingerprint density at radius 2 is 2.00 bits per heavy atom. The predicted molar refractivity (Wildman–Crippen MR) is 78.9 cm³/mol. The average Bonchev–Trinajstić information content (AvgIpc) is 2.40. The van der Waals surface area contributed by atoms with Crippen molar-refractivity contribution in [1.29, 1.82) is 0 Å². The summed E-state index contributed by atoms with van der Waals surface area (Å²) >= 11 is 0. The van der Waals surface area contributed by atoms with Crippen LogP contribution in [0.2, 0.25) is 0 Å². The van der Waals surface area contributed by atoms with E-state index in [1.807, 2.05) is 27.7 Å². The van der Waals surface area contributed by atoms with Crippen molar-refractivity contribution >= 4 is 5.97 Å². The van der Waals surface area contributed by atoms with Gasteiger partial charge in [-0.1, -0.05) is 20.8 Å². The molecule has 0 aliphatic heterocycles. The zero-order valence-corrected chi connectivity index (χ0v) is 12.5. The zero-order chi connectivity index (χ0) is 15.6. The number of aryl methyl sites for hydroxylation is 1. The molecule has 0 aliphatic carbocycles. The van der Waals surface area contributed by atoms with Gasteiger partial charge in [-0.15, -0.1) is 0 Å². The number of carboxylic acids is 1. The van der Waals surface area contributed by atoms with Crippen LogP contribution in [0.3, 0.4) is 0 Å².